The molecule has 0 unspecified atom stereocenters. The summed E-state index contributed by atoms with van der Waals surface area (Å²) in [5, 5.41) is 0. The van der Waals surface area contributed by atoms with Crippen molar-refractivity contribution < 1.29 is 121 Å². The average Bonchev–Trinajstić information content (AvgIpc) is 1.68. The zero-order chi connectivity index (χ0) is 5.91. The number of rotatable bonds is 2. The van der Waals surface area contributed by atoms with Gasteiger partial charge in [-0.25, -0.2) is 0 Å². The van der Waals surface area contributed by atoms with E-state index < -0.39 is 9.05 Å². The normalized spacial score (nSPS) is 9.33. The summed E-state index contributed by atoms with van der Waals surface area (Å²) in [4.78, 5) is 20.0. The second-order valence-corrected chi connectivity index (χ2v) is 2.72. The van der Waals surface area contributed by atoms with Gasteiger partial charge in [-0.15, -0.1) is 0 Å². The van der Waals surface area contributed by atoms with Crippen LogP contribution in [-0.4, -0.2) is 23.3 Å². The molecule has 0 N–H and O–H groups in total. The maximum Gasteiger partial charge on any atom is 1.00 e. The Hall–Kier alpha value is 3.33. The first-order valence-electron chi connectivity index (χ1n) is 1.63. The van der Waals surface area contributed by atoms with Gasteiger partial charge >= 0.3 is 103 Å². The summed E-state index contributed by atoms with van der Waals surface area (Å²) in [6.45, 7) is 0. The zero-order valence-electron chi connectivity index (χ0n) is 6.13. The molecule has 9 heavy (non-hydrogen) atoms. The van der Waals surface area contributed by atoms with Crippen molar-refractivity contribution in [1.29, 1.82) is 0 Å². The van der Waals surface area contributed by atoms with Gasteiger partial charge in [0.25, 0.3) is 0 Å². The smallest absolute Gasteiger partial charge is 0.828 e. The first kappa shape index (κ1) is 18.2. The average molecular weight is 200 g/mol. The van der Waals surface area contributed by atoms with Crippen LogP contribution in [0.4, 0.5) is 0 Å². The second-order valence-electron chi connectivity index (χ2n) is 0.908. The van der Waals surface area contributed by atoms with Gasteiger partial charge in [-0.2, -0.15) is 0 Å². The van der Waals surface area contributed by atoms with Gasteiger partial charge in [-0.3, -0.25) is 0 Å². The monoisotopic (exact) mass is 200 g/mol. The minimum absolute atomic E-state index is 0. The van der Waals surface area contributed by atoms with E-state index in [2.05, 4.69) is 8.85 Å². The Morgan fingerprint density at radius 2 is 1.22 bits per heavy atom. The van der Waals surface area contributed by atoms with Crippen molar-refractivity contribution in [3.8, 4) is 0 Å². The molecule has 0 spiro atoms. The number of hydrogen-bond acceptors (Lipinski definition) is 4. The molecule has 44 valence electrons. The van der Waals surface area contributed by atoms with Crippen LogP contribution in [0.3, 0.4) is 0 Å². The van der Waals surface area contributed by atoms with Gasteiger partial charge < -0.3 is 18.4 Å². The van der Waals surface area contributed by atoms with Crippen molar-refractivity contribution in [3.05, 3.63) is 0 Å². The van der Waals surface area contributed by atoms with Crippen molar-refractivity contribution in [2.75, 3.05) is 14.2 Å². The summed E-state index contributed by atoms with van der Waals surface area (Å²) >= 11 is 0. The first-order chi connectivity index (χ1) is 3.12. The van der Waals surface area contributed by atoms with Gasteiger partial charge in [0.2, 0.25) is 0 Å². The van der Waals surface area contributed by atoms with Crippen LogP contribution in [0.15, 0.2) is 0 Å². The van der Waals surface area contributed by atoms with Crippen molar-refractivity contribution in [3.63, 3.8) is 0 Å². The van der Waals surface area contributed by atoms with Crippen molar-refractivity contribution in [2.24, 2.45) is 0 Å². The standard InChI is InChI=1S/C2H6O4Si.2K/c1-5-7(3,4)6-2;;/h1-2H3;;/q-2;2*+1. The first-order valence-corrected chi connectivity index (χ1v) is 3.27. The molecule has 0 saturated heterocycles. The fraction of sp³-hybridized carbons (Fsp3) is 1.00. The number of hydrogen-bond donors (Lipinski definition) is 0. The summed E-state index contributed by atoms with van der Waals surface area (Å²) in [5.74, 6) is 0. The molecule has 0 aromatic rings. The van der Waals surface area contributed by atoms with Crippen LogP contribution in [-0.2, 0) is 8.85 Å². The van der Waals surface area contributed by atoms with Gasteiger partial charge in [0.15, 0.2) is 0 Å². The summed E-state index contributed by atoms with van der Waals surface area (Å²) in [5.41, 5.74) is 0. The Labute approximate surface area is 141 Å². The Morgan fingerprint density at radius 1 is 1.00 bits per heavy atom. The maximum atomic E-state index is 9.98. The molecule has 0 saturated carbocycles. The topological polar surface area (TPSA) is 64.6 Å². The summed E-state index contributed by atoms with van der Waals surface area (Å²) in [6.07, 6.45) is 0. The fourth-order valence-electron chi connectivity index (χ4n) is 0.0833. The van der Waals surface area contributed by atoms with Gasteiger partial charge in [0.1, 0.15) is 9.05 Å². The van der Waals surface area contributed by atoms with E-state index >= 15 is 0 Å². The fourth-order valence-corrected chi connectivity index (χ4v) is 0.250. The largest absolute Gasteiger partial charge is 1.00 e. The molecule has 0 aromatic heterocycles. The SMILES string of the molecule is CO[Si]([O-])([O-])OC.[K+].[K+]. The van der Waals surface area contributed by atoms with E-state index in [1.807, 2.05) is 0 Å². The van der Waals surface area contributed by atoms with Gasteiger partial charge in [-0.05, 0) is 0 Å². The molecule has 0 amide bonds. The maximum absolute atomic E-state index is 9.98. The van der Waals surface area contributed by atoms with Crippen LogP contribution in [0.2, 0.25) is 0 Å². The molecule has 0 heterocycles. The van der Waals surface area contributed by atoms with Crippen molar-refractivity contribution >= 4 is 9.05 Å². The minimum Gasteiger partial charge on any atom is -0.828 e. The molecule has 0 aromatic carbocycles. The molecule has 0 radical (unpaired) electrons. The zero-order valence-corrected chi connectivity index (χ0v) is 13.4. The molecule has 7 heteroatoms. The molecule has 0 fully saturated rings. The van der Waals surface area contributed by atoms with E-state index in [9.17, 15) is 9.59 Å². The molecular formula is C2H6K2O4Si. The Bertz CT molecular complexity index is 54.5. The molecule has 0 atom stereocenters. The van der Waals surface area contributed by atoms with E-state index in [4.69, 9.17) is 0 Å². The van der Waals surface area contributed by atoms with Gasteiger partial charge in [0, 0.05) is 14.2 Å². The molecule has 0 rings (SSSR count). The third kappa shape index (κ3) is 11.3. The van der Waals surface area contributed by atoms with Crippen molar-refractivity contribution in [2.45, 2.75) is 0 Å². The molecular weight excluding hydrogens is 194 g/mol. The van der Waals surface area contributed by atoms with Crippen molar-refractivity contribution in [1.82, 2.24) is 0 Å². The quantitative estimate of drug-likeness (QED) is 0.415. The third-order valence-corrected chi connectivity index (χ3v) is 1.50. The predicted molar refractivity (Wildman–Crippen MR) is 19.8 cm³/mol. The Morgan fingerprint density at radius 3 is 1.22 bits per heavy atom. The minimum atomic E-state index is -4.15. The van der Waals surface area contributed by atoms with Crippen LogP contribution in [0.1, 0.15) is 0 Å². The van der Waals surface area contributed by atoms with Crippen LogP contribution < -0.4 is 112 Å². The van der Waals surface area contributed by atoms with Crippen LogP contribution in [0.25, 0.3) is 0 Å². The molecule has 4 nitrogen and oxygen atoms in total. The molecule has 0 aliphatic rings. The summed E-state index contributed by atoms with van der Waals surface area (Å²) < 4.78 is 7.78. The summed E-state index contributed by atoms with van der Waals surface area (Å²) in [7, 11) is -2.05. The van der Waals surface area contributed by atoms with E-state index in [1.165, 1.54) is 0 Å². The molecule has 0 aliphatic carbocycles. The van der Waals surface area contributed by atoms with Crippen LogP contribution >= 0.6 is 0 Å². The van der Waals surface area contributed by atoms with Crippen LogP contribution in [0, 0.1) is 0 Å². The van der Waals surface area contributed by atoms with Crippen LogP contribution in [0.5, 0.6) is 0 Å². The molecule has 0 bridgehead atoms. The van der Waals surface area contributed by atoms with E-state index in [-0.39, 0.29) is 103 Å². The molecule has 0 aliphatic heterocycles. The third-order valence-electron chi connectivity index (χ3n) is 0.500. The Kier molecular flexibility index (Phi) is 19.0. The van der Waals surface area contributed by atoms with Gasteiger partial charge in [-0.1, -0.05) is 0 Å². The predicted octanol–water partition coefficient (Wildman–Crippen LogP) is -8.56. The van der Waals surface area contributed by atoms with E-state index in [0.717, 1.165) is 14.2 Å². The van der Waals surface area contributed by atoms with Gasteiger partial charge in [0.05, 0.1) is 0 Å². The van der Waals surface area contributed by atoms with E-state index in [1.54, 1.807) is 0 Å². The van der Waals surface area contributed by atoms with E-state index in [0.29, 0.717) is 0 Å². The Balaban J connectivity index is -0.000000180. The summed E-state index contributed by atoms with van der Waals surface area (Å²) in [6, 6.07) is 0. The second kappa shape index (κ2) is 9.42.